The molecule has 3 amide bonds. The number of carbonyl (C=O) groups excluding carboxylic acids is 3. The Morgan fingerprint density at radius 3 is 2.23 bits per heavy atom. The van der Waals surface area contributed by atoms with Gasteiger partial charge in [0.05, 0.1) is 58.6 Å². The van der Waals surface area contributed by atoms with Crippen molar-refractivity contribution in [2.75, 3.05) is 76.6 Å². The van der Waals surface area contributed by atoms with E-state index < -0.39 is 89.1 Å². The summed E-state index contributed by atoms with van der Waals surface area (Å²) in [6.45, 7) is 2.79. The number of carbonyl (C=O) groups is 3. The highest BCUT2D eigenvalue weighted by Crippen LogP contribution is 2.59. The molecular formula is C39H53N18O17P2S2+. The van der Waals surface area contributed by atoms with Gasteiger partial charge >= 0.3 is 16.5 Å². The number of aromatic nitrogens is 10. The molecule has 422 valence electrons. The van der Waals surface area contributed by atoms with Crippen LogP contribution in [0.1, 0.15) is 17.6 Å². The molecule has 39 heteroatoms. The molecule has 4 aromatic heterocycles. The van der Waals surface area contributed by atoms with Gasteiger partial charge in [0.1, 0.15) is 68.3 Å². The van der Waals surface area contributed by atoms with Crippen molar-refractivity contribution in [1.82, 2.24) is 70.4 Å². The van der Waals surface area contributed by atoms with E-state index in [1.54, 1.807) is 12.4 Å². The van der Waals surface area contributed by atoms with Crippen molar-refractivity contribution in [1.29, 1.82) is 5.41 Å². The fraction of sp³-hybridized carbons (Fsp3) is 0.615. The lowest BCUT2D eigenvalue weighted by Gasteiger charge is -2.30. The molecule has 11 atom stereocenters. The third-order valence-corrected chi connectivity index (χ3v) is 16.0. The number of guanidine groups is 1. The minimum Gasteiger partial charge on any atom is -0.386 e. The number of nitrogens with one attached hydrogen (secondary N) is 5. The van der Waals surface area contributed by atoms with Crippen molar-refractivity contribution in [3.63, 3.8) is 0 Å². The summed E-state index contributed by atoms with van der Waals surface area (Å²) in [4.78, 5) is 92.3. The number of nitrogens with two attached hydrogens (primary N) is 1. The Balaban J connectivity index is 0.576. The highest BCUT2D eigenvalue weighted by atomic mass is 32.2. The number of aliphatic imine (C=N–C) groups is 2. The van der Waals surface area contributed by atoms with Crippen molar-refractivity contribution in [3.8, 4) is 0 Å². The summed E-state index contributed by atoms with van der Waals surface area (Å²) in [6, 6.07) is -1.08. The van der Waals surface area contributed by atoms with E-state index >= 15 is 0 Å². The predicted molar refractivity (Wildman–Crippen MR) is 269 cm³/mol. The van der Waals surface area contributed by atoms with Crippen molar-refractivity contribution < 1.29 is 76.2 Å². The van der Waals surface area contributed by atoms with Gasteiger partial charge in [0.25, 0.3) is 11.5 Å². The first kappa shape index (κ1) is 56.0. The van der Waals surface area contributed by atoms with Crippen molar-refractivity contribution >= 4 is 91.9 Å². The molecule has 0 radical (unpaired) electrons. The smallest absolute Gasteiger partial charge is 0.386 e. The lowest BCUT2D eigenvalue weighted by atomic mass is 10.1. The van der Waals surface area contributed by atoms with Crippen molar-refractivity contribution in [3.05, 3.63) is 34.1 Å². The normalized spacial score (nSPS) is 28.6. The molecule has 0 aromatic carbocycles. The van der Waals surface area contributed by atoms with E-state index in [1.165, 1.54) is 49.0 Å². The number of H-pyrrole nitrogens is 1. The molecule has 0 aliphatic carbocycles. The van der Waals surface area contributed by atoms with Crippen LogP contribution < -0.4 is 27.2 Å². The predicted octanol–water partition coefficient (Wildman–Crippen LogP) is -4.33. The van der Waals surface area contributed by atoms with Gasteiger partial charge in [0, 0.05) is 24.6 Å². The minimum atomic E-state index is -3.17. The van der Waals surface area contributed by atoms with E-state index in [0.717, 1.165) is 0 Å². The number of hydrogen-bond acceptors (Lipinski definition) is 29. The van der Waals surface area contributed by atoms with Crippen LogP contribution in [0.25, 0.3) is 11.2 Å². The van der Waals surface area contributed by atoms with Crippen LogP contribution in [0, 0.1) is 5.41 Å². The Labute approximate surface area is 449 Å². The second-order valence-corrected chi connectivity index (χ2v) is 22.8. The molecule has 4 saturated heterocycles. The number of amides is 3. The standard InChI is InChI=1S/C39H52N18O17P2S2/c1-76(65)70-17-21-29(74-76)27(61)35(72-21)57-31-25(33(63)49-37(41)47-31)45-39(57)78-9-3-43-23(59)13-55-11-19(51-53-55)15-68-7-5-66-4-6-67-14-18-10-54(52-50-18)12-22(58)42-2-8-77-38-44-24-30(46-36(40)48-32(24)62)56(38)34-26(60)28-20(71-34)16-69-75(64)73-28/h10-11,20-21,25-29,34-35,60-61,64-65H,2-9,12-17H2,1H3,(H6-,40,41,42,43,46,48,49,58,59,62,63)/p+1/t20?,21?,25?,26-,27-,28+,29+,34+,35+,75?,76?/m0/s1. The Bertz CT molecular complexity index is 2990. The number of imidazole rings is 1. The van der Waals surface area contributed by atoms with Gasteiger partial charge in [0.15, 0.2) is 51.9 Å². The number of thioether (sulfide) groups is 2. The molecule has 10 rings (SSSR count). The molecule has 11 N–H and O–H groups in total. The lowest BCUT2D eigenvalue weighted by molar-refractivity contribution is -0.122. The van der Waals surface area contributed by atoms with Crippen LogP contribution in [0.2, 0.25) is 0 Å². The summed E-state index contributed by atoms with van der Waals surface area (Å²) in [5.74, 6) is -1.14. The first-order chi connectivity index (χ1) is 37.6. The summed E-state index contributed by atoms with van der Waals surface area (Å²) in [5, 5.41) is 54.8. The number of fused-ring (bicyclic) bond motifs is 4. The Kier molecular flexibility index (Phi) is 17.7. The molecular weight excluding hydrogens is 1120 g/mol. The number of aromatic amines is 1. The molecule has 78 heavy (non-hydrogen) atoms. The number of amidine groups is 2. The van der Waals surface area contributed by atoms with Crippen molar-refractivity contribution in [2.45, 2.75) is 86.6 Å². The zero-order chi connectivity index (χ0) is 54.7. The average molecular weight is 1170 g/mol. The number of aliphatic hydroxyl groups excluding tert-OH is 2. The highest BCUT2D eigenvalue weighted by molar-refractivity contribution is 8.13. The fourth-order valence-electron chi connectivity index (χ4n) is 8.60. The zero-order valence-electron chi connectivity index (χ0n) is 41.0. The van der Waals surface area contributed by atoms with Crippen LogP contribution in [-0.4, -0.2) is 229 Å². The van der Waals surface area contributed by atoms with Crippen LogP contribution in [-0.2, 0) is 82.5 Å². The summed E-state index contributed by atoms with van der Waals surface area (Å²) < 4.78 is 54.6. The van der Waals surface area contributed by atoms with E-state index in [0.29, 0.717) is 22.9 Å². The van der Waals surface area contributed by atoms with Gasteiger partial charge in [-0.15, -0.1) is 10.2 Å². The van der Waals surface area contributed by atoms with E-state index in [2.05, 4.69) is 61.5 Å². The molecule has 6 aliphatic rings. The van der Waals surface area contributed by atoms with Crippen LogP contribution >= 0.6 is 40.1 Å². The maximum atomic E-state index is 12.8. The Hall–Kier alpha value is -5.31. The average Bonchev–Trinajstić information content (AvgIpc) is 4.33. The summed E-state index contributed by atoms with van der Waals surface area (Å²) in [6.07, 6.45) is -4.82. The van der Waals surface area contributed by atoms with Gasteiger partial charge in [-0.3, -0.25) is 44.4 Å². The topological polar surface area (TPSA) is 454 Å². The second kappa shape index (κ2) is 24.6. The molecule has 0 saturated carbocycles. The largest absolute Gasteiger partial charge is 0.406 e. The van der Waals surface area contributed by atoms with Gasteiger partial charge in [0.2, 0.25) is 23.7 Å². The van der Waals surface area contributed by atoms with E-state index in [1.807, 2.05) is 0 Å². The molecule has 4 fully saturated rings. The highest BCUT2D eigenvalue weighted by Gasteiger charge is 2.60. The molecule has 0 spiro atoms. The molecule has 10 heterocycles. The maximum absolute atomic E-state index is 12.8. The number of ether oxygens (including phenoxy) is 5. The fourth-order valence-corrected chi connectivity index (χ4v) is 12.4. The number of hydrogen-bond donors (Lipinski definition) is 10. The number of anilines is 1. The van der Waals surface area contributed by atoms with Crippen LogP contribution in [0.5, 0.6) is 0 Å². The van der Waals surface area contributed by atoms with Gasteiger partial charge in [-0.05, 0) is 0 Å². The van der Waals surface area contributed by atoms with Crippen LogP contribution in [0.3, 0.4) is 0 Å². The first-order valence-corrected chi connectivity index (χ1v) is 29.0. The van der Waals surface area contributed by atoms with Gasteiger partial charge in [-0.1, -0.05) is 34.0 Å². The third-order valence-electron chi connectivity index (χ3n) is 12.0. The van der Waals surface area contributed by atoms with Gasteiger partial charge in [-0.2, -0.15) is 23.9 Å². The van der Waals surface area contributed by atoms with E-state index in [-0.39, 0.29) is 124 Å². The third kappa shape index (κ3) is 13.0. The molecule has 0 bridgehead atoms. The number of nitrogens with zero attached hydrogens (tertiary/aromatic N) is 12. The van der Waals surface area contributed by atoms with Crippen molar-refractivity contribution in [2.24, 2.45) is 9.98 Å². The van der Waals surface area contributed by atoms with E-state index in [9.17, 15) is 39.2 Å². The van der Waals surface area contributed by atoms with E-state index in [4.69, 9.17) is 52.9 Å². The molecule has 35 nitrogen and oxygen atoms in total. The second-order valence-electron chi connectivity index (χ2n) is 17.7. The molecule has 6 aliphatic heterocycles. The molecule has 4 aromatic rings. The number of aliphatic hydroxyl groups is 2. The minimum absolute atomic E-state index is 0.0158. The summed E-state index contributed by atoms with van der Waals surface area (Å²) in [7, 11) is -5.36. The monoisotopic (exact) mass is 1170 g/mol. The van der Waals surface area contributed by atoms with Crippen LogP contribution in [0.15, 0.2) is 32.3 Å². The maximum Gasteiger partial charge on any atom is 0.406 e. The summed E-state index contributed by atoms with van der Waals surface area (Å²) >= 11 is 2.35. The first-order valence-electron chi connectivity index (χ1n) is 23.9. The van der Waals surface area contributed by atoms with Gasteiger partial charge < -0.3 is 64.2 Å². The Morgan fingerprint density at radius 2 is 1.54 bits per heavy atom. The van der Waals surface area contributed by atoms with Gasteiger partial charge in [-0.25, -0.2) is 19.3 Å². The quantitative estimate of drug-likeness (QED) is 0.0191. The number of nitrogen functional groups attached to an aromatic ring is 1. The Morgan fingerprint density at radius 1 is 0.910 bits per heavy atom. The van der Waals surface area contributed by atoms with Crippen LogP contribution in [0.4, 0.5) is 5.95 Å². The lowest BCUT2D eigenvalue weighted by Crippen LogP contribution is -2.54. The summed E-state index contributed by atoms with van der Waals surface area (Å²) in [5.41, 5.74) is 6.26. The molecule has 5 unspecified atom stereocenters. The zero-order valence-corrected chi connectivity index (χ0v) is 44.4. The number of rotatable bonds is 23. The SMILES string of the molecule is C[P+]1(O)OCC2O[C@@H](N3C(SCCNC(=O)Cn4cc(COCCOCCOCc5cn(CC(=O)NCCSc6nc7c(=O)[nH]c(N)nc7n6[C@@H]6OC7COP(O)O[C@H]7[C@@H]6O)nn5)nn4)=NC4C(=O)NC(=N)N=C43)[C@@H](O)[C@@H]2O1.